The third-order valence-corrected chi connectivity index (χ3v) is 11.3. The topological polar surface area (TPSA) is 78.9 Å². The van der Waals surface area contributed by atoms with Crippen LogP contribution in [0.3, 0.4) is 0 Å². The molecule has 6 heteroatoms. The number of carbonyl (C=O) groups excluding carboxylic acids is 3. The molecule has 0 rings (SSSR count). The zero-order valence-electron chi connectivity index (χ0n) is 38.1. The van der Waals surface area contributed by atoms with E-state index in [0.29, 0.717) is 19.3 Å². The zero-order chi connectivity index (χ0) is 41.0. The molecule has 0 fully saturated rings. The number of hydrogen-bond donors (Lipinski definition) is 0. The van der Waals surface area contributed by atoms with E-state index in [1.165, 1.54) is 173 Å². The highest BCUT2D eigenvalue weighted by atomic mass is 16.6. The Hall–Kier alpha value is -1.59. The predicted molar refractivity (Wildman–Crippen MR) is 238 cm³/mol. The molecule has 0 amide bonds. The van der Waals surface area contributed by atoms with Crippen molar-refractivity contribution in [3.05, 3.63) is 0 Å². The van der Waals surface area contributed by atoms with Crippen molar-refractivity contribution in [3.63, 3.8) is 0 Å². The molecule has 0 heterocycles. The van der Waals surface area contributed by atoms with E-state index in [9.17, 15) is 14.4 Å². The fourth-order valence-corrected chi connectivity index (χ4v) is 7.51. The first-order valence-corrected chi connectivity index (χ1v) is 24.9. The Kier molecular flexibility index (Phi) is 43.2. The molecule has 0 aliphatic heterocycles. The van der Waals surface area contributed by atoms with Gasteiger partial charge in [0.15, 0.2) is 6.10 Å². The van der Waals surface area contributed by atoms with Crippen LogP contribution >= 0.6 is 0 Å². The van der Waals surface area contributed by atoms with E-state index in [2.05, 4.69) is 27.7 Å². The van der Waals surface area contributed by atoms with Crippen LogP contribution < -0.4 is 0 Å². The maximum atomic E-state index is 12.7. The summed E-state index contributed by atoms with van der Waals surface area (Å²) in [6.45, 7) is 9.01. The third kappa shape index (κ3) is 43.5. The average Bonchev–Trinajstić information content (AvgIpc) is 3.18. The summed E-state index contributed by atoms with van der Waals surface area (Å²) in [5, 5.41) is 0. The predicted octanol–water partition coefficient (Wildman–Crippen LogP) is 15.9. The van der Waals surface area contributed by atoms with E-state index < -0.39 is 6.10 Å². The Morgan fingerprint density at radius 3 is 0.875 bits per heavy atom. The second kappa shape index (κ2) is 44.5. The van der Waals surface area contributed by atoms with Gasteiger partial charge in [-0.3, -0.25) is 14.4 Å². The summed E-state index contributed by atoms with van der Waals surface area (Å²) in [6.07, 6.45) is 45.2. The van der Waals surface area contributed by atoms with Crippen LogP contribution in [0.1, 0.15) is 278 Å². The Morgan fingerprint density at radius 1 is 0.339 bits per heavy atom. The molecule has 0 N–H and O–H groups in total. The number of hydrogen-bond acceptors (Lipinski definition) is 6. The highest BCUT2D eigenvalue weighted by Gasteiger charge is 2.19. The van der Waals surface area contributed by atoms with Gasteiger partial charge in [-0.25, -0.2) is 0 Å². The van der Waals surface area contributed by atoms with Gasteiger partial charge in [0.2, 0.25) is 0 Å². The standard InChI is InChI=1S/C50H96O6/c1-5-7-9-11-13-15-21-26-29-33-37-41-48(51)54-44-47(56-50(53)43-39-35-31-24-14-12-10-8-6-2)45-55-49(52)42-38-34-30-27-23-20-18-16-17-19-22-25-28-32-36-40-46(3)4/h46-47H,5-45H2,1-4H3/t47-/m1/s1. The lowest BCUT2D eigenvalue weighted by atomic mass is 10.0. The summed E-state index contributed by atoms with van der Waals surface area (Å²) in [6, 6.07) is 0. The Bertz CT molecular complexity index is 841. The Labute approximate surface area is 348 Å². The van der Waals surface area contributed by atoms with Gasteiger partial charge in [0.25, 0.3) is 0 Å². The maximum Gasteiger partial charge on any atom is 0.306 e. The molecule has 0 saturated heterocycles. The third-order valence-electron chi connectivity index (χ3n) is 11.3. The molecule has 0 unspecified atom stereocenters. The van der Waals surface area contributed by atoms with Crippen molar-refractivity contribution in [1.29, 1.82) is 0 Å². The Morgan fingerprint density at radius 2 is 0.589 bits per heavy atom. The van der Waals surface area contributed by atoms with E-state index in [0.717, 1.165) is 63.7 Å². The smallest absolute Gasteiger partial charge is 0.306 e. The molecule has 6 nitrogen and oxygen atoms in total. The van der Waals surface area contributed by atoms with Crippen molar-refractivity contribution in [2.75, 3.05) is 13.2 Å². The van der Waals surface area contributed by atoms with Crippen molar-refractivity contribution in [2.24, 2.45) is 5.92 Å². The SMILES string of the molecule is CCCCCCCCCCCCCC(=O)OC[C@H](COC(=O)CCCCCCCCCCCCCCCCCC(C)C)OC(=O)CCCCCCCCCCC. The van der Waals surface area contributed by atoms with Crippen molar-refractivity contribution in [1.82, 2.24) is 0 Å². The molecule has 0 radical (unpaired) electrons. The summed E-state index contributed by atoms with van der Waals surface area (Å²) in [7, 11) is 0. The van der Waals surface area contributed by atoms with Crippen molar-refractivity contribution in [2.45, 2.75) is 284 Å². The van der Waals surface area contributed by atoms with E-state index in [1.807, 2.05) is 0 Å². The lowest BCUT2D eigenvalue weighted by Crippen LogP contribution is -2.30. The Balaban J connectivity index is 4.21. The molecular weight excluding hydrogens is 697 g/mol. The van der Waals surface area contributed by atoms with Crippen LogP contribution in [0, 0.1) is 5.92 Å². The average molecular weight is 793 g/mol. The number of carbonyl (C=O) groups is 3. The van der Waals surface area contributed by atoms with Gasteiger partial charge in [0.1, 0.15) is 13.2 Å². The van der Waals surface area contributed by atoms with Crippen LogP contribution in [-0.4, -0.2) is 37.2 Å². The molecule has 0 spiro atoms. The molecule has 0 saturated carbocycles. The van der Waals surface area contributed by atoms with Crippen LogP contribution in [0.5, 0.6) is 0 Å². The molecule has 0 aliphatic carbocycles. The van der Waals surface area contributed by atoms with Crippen molar-refractivity contribution >= 4 is 17.9 Å². The molecule has 0 aromatic carbocycles. The molecular formula is C50H96O6. The summed E-state index contributed by atoms with van der Waals surface area (Å²) in [4.78, 5) is 37.7. The fraction of sp³-hybridized carbons (Fsp3) is 0.940. The van der Waals surface area contributed by atoms with Gasteiger partial charge in [-0.1, -0.05) is 240 Å². The number of ether oxygens (including phenoxy) is 3. The van der Waals surface area contributed by atoms with Gasteiger partial charge in [-0.15, -0.1) is 0 Å². The molecule has 0 bridgehead atoms. The zero-order valence-corrected chi connectivity index (χ0v) is 38.1. The van der Waals surface area contributed by atoms with Crippen LogP contribution in [0.25, 0.3) is 0 Å². The molecule has 1 atom stereocenters. The minimum atomic E-state index is -0.758. The largest absolute Gasteiger partial charge is 0.462 e. The molecule has 56 heavy (non-hydrogen) atoms. The summed E-state index contributed by atoms with van der Waals surface area (Å²) < 4.78 is 16.7. The van der Waals surface area contributed by atoms with Gasteiger partial charge in [0.05, 0.1) is 0 Å². The fourth-order valence-electron chi connectivity index (χ4n) is 7.51. The minimum absolute atomic E-state index is 0.0631. The second-order valence-corrected chi connectivity index (χ2v) is 17.6. The first kappa shape index (κ1) is 54.4. The second-order valence-electron chi connectivity index (χ2n) is 17.6. The van der Waals surface area contributed by atoms with E-state index >= 15 is 0 Å². The van der Waals surface area contributed by atoms with E-state index in [-0.39, 0.29) is 31.1 Å². The first-order chi connectivity index (χ1) is 27.4. The lowest BCUT2D eigenvalue weighted by molar-refractivity contribution is -0.167. The summed E-state index contributed by atoms with van der Waals surface area (Å²) in [5.41, 5.74) is 0. The number of rotatable bonds is 45. The molecule has 0 aromatic rings. The van der Waals surface area contributed by atoms with Crippen molar-refractivity contribution in [3.8, 4) is 0 Å². The molecule has 0 aromatic heterocycles. The highest BCUT2D eigenvalue weighted by Crippen LogP contribution is 2.17. The number of unbranched alkanes of at least 4 members (excludes halogenated alkanes) is 32. The first-order valence-electron chi connectivity index (χ1n) is 24.9. The van der Waals surface area contributed by atoms with Crippen LogP contribution in [0.2, 0.25) is 0 Å². The van der Waals surface area contributed by atoms with Gasteiger partial charge in [-0.2, -0.15) is 0 Å². The lowest BCUT2D eigenvalue weighted by Gasteiger charge is -2.18. The monoisotopic (exact) mass is 793 g/mol. The van der Waals surface area contributed by atoms with Gasteiger partial charge in [0, 0.05) is 19.3 Å². The molecule has 0 aliphatic rings. The van der Waals surface area contributed by atoms with E-state index in [1.54, 1.807) is 0 Å². The van der Waals surface area contributed by atoms with Gasteiger partial charge >= 0.3 is 17.9 Å². The minimum Gasteiger partial charge on any atom is -0.462 e. The summed E-state index contributed by atoms with van der Waals surface area (Å²) in [5.74, 6) is -0.00151. The highest BCUT2D eigenvalue weighted by molar-refractivity contribution is 5.71. The molecule has 332 valence electrons. The van der Waals surface area contributed by atoms with Crippen LogP contribution in [0.15, 0.2) is 0 Å². The van der Waals surface area contributed by atoms with E-state index in [4.69, 9.17) is 14.2 Å². The van der Waals surface area contributed by atoms with Crippen LogP contribution in [0.4, 0.5) is 0 Å². The quantitative estimate of drug-likeness (QED) is 0.0347. The normalized spacial score (nSPS) is 11.9. The van der Waals surface area contributed by atoms with Crippen LogP contribution in [-0.2, 0) is 28.6 Å². The number of esters is 3. The maximum absolute atomic E-state index is 12.7. The van der Waals surface area contributed by atoms with Gasteiger partial charge < -0.3 is 14.2 Å². The van der Waals surface area contributed by atoms with Crippen molar-refractivity contribution < 1.29 is 28.6 Å². The van der Waals surface area contributed by atoms with Gasteiger partial charge in [-0.05, 0) is 25.2 Å². The summed E-state index contributed by atoms with van der Waals surface area (Å²) >= 11 is 0.